The predicted molar refractivity (Wildman–Crippen MR) is 123 cm³/mol. The highest BCUT2D eigenvalue weighted by atomic mass is 35.5. The predicted octanol–water partition coefficient (Wildman–Crippen LogP) is 3.99. The van der Waals surface area contributed by atoms with Crippen LogP contribution in [0.2, 0.25) is 0 Å². The van der Waals surface area contributed by atoms with Crippen LogP contribution in [0.5, 0.6) is 0 Å². The van der Waals surface area contributed by atoms with Gasteiger partial charge < -0.3 is 9.13 Å². The lowest BCUT2D eigenvalue weighted by Gasteiger charge is -2.29. The lowest BCUT2D eigenvalue weighted by atomic mass is 9.96. The Hall–Kier alpha value is -2.09. The maximum absolute atomic E-state index is 11.7. The molecular weight excluding hydrogens is 418 g/mol. The number of carbonyl (C=O) groups excluding carboxylic acids is 1. The highest BCUT2D eigenvalue weighted by Gasteiger charge is 2.17. The topological polar surface area (TPSA) is 56.0 Å². The molecule has 0 bridgehead atoms. The summed E-state index contributed by atoms with van der Waals surface area (Å²) in [7, 11) is 4.05. The van der Waals surface area contributed by atoms with E-state index in [4.69, 9.17) is 0 Å². The van der Waals surface area contributed by atoms with E-state index < -0.39 is 0 Å². The molecular formula is C22H28ClN5OS. The van der Waals surface area contributed by atoms with Crippen molar-refractivity contribution in [3.63, 3.8) is 0 Å². The molecule has 30 heavy (non-hydrogen) atoms. The van der Waals surface area contributed by atoms with E-state index in [1.165, 1.54) is 11.1 Å². The van der Waals surface area contributed by atoms with Gasteiger partial charge in [0.1, 0.15) is 0 Å². The van der Waals surface area contributed by atoms with Crippen molar-refractivity contribution in [1.29, 1.82) is 0 Å². The lowest BCUT2D eigenvalue weighted by Crippen LogP contribution is -2.31. The standard InChI is InChI=1S/C22H27N5OS.ClH/c1-16(28)18-8-7-17-9-12-27(15-19(17)14-18)11-5-13-29-22-24-23-21(26(22)3)20-6-4-10-25(20)2;/h4,6-8,10,14H,5,9,11-13,15H2,1-3H3;1H. The molecule has 0 saturated heterocycles. The third-order valence-electron chi connectivity index (χ3n) is 5.56. The first kappa shape index (κ1) is 22.6. The fourth-order valence-electron chi connectivity index (χ4n) is 3.83. The number of thioether (sulfide) groups is 1. The molecule has 3 aromatic rings. The maximum atomic E-state index is 11.7. The number of nitrogens with zero attached hydrogens (tertiary/aromatic N) is 5. The van der Waals surface area contributed by atoms with Crippen molar-refractivity contribution >= 4 is 30.0 Å². The second kappa shape index (κ2) is 9.81. The number of aryl methyl sites for hydroxylation is 1. The second-order valence-corrected chi connectivity index (χ2v) is 8.70. The maximum Gasteiger partial charge on any atom is 0.191 e. The Morgan fingerprint density at radius 1 is 1.17 bits per heavy atom. The molecule has 0 saturated carbocycles. The normalized spacial score (nSPS) is 13.7. The van der Waals surface area contributed by atoms with Crippen LogP contribution in [-0.2, 0) is 27.1 Å². The third kappa shape index (κ3) is 4.79. The monoisotopic (exact) mass is 445 g/mol. The van der Waals surface area contributed by atoms with Gasteiger partial charge in [-0.25, -0.2) is 0 Å². The molecule has 0 N–H and O–H groups in total. The Morgan fingerprint density at radius 3 is 2.73 bits per heavy atom. The first-order chi connectivity index (χ1) is 14.0. The molecule has 6 nitrogen and oxygen atoms in total. The van der Waals surface area contributed by atoms with Crippen LogP contribution >= 0.6 is 24.2 Å². The number of hydrogen-bond acceptors (Lipinski definition) is 5. The summed E-state index contributed by atoms with van der Waals surface area (Å²) in [5.41, 5.74) is 4.58. The van der Waals surface area contributed by atoms with Crippen LogP contribution in [0.1, 0.15) is 34.8 Å². The fourth-order valence-corrected chi connectivity index (χ4v) is 4.67. The molecule has 0 aliphatic carbocycles. The SMILES string of the molecule is CC(=O)c1ccc2c(c1)CN(CCCSc1nnc(-c3cccn3C)n1C)CC2.Cl. The molecule has 3 heterocycles. The molecule has 160 valence electrons. The summed E-state index contributed by atoms with van der Waals surface area (Å²) in [6, 6.07) is 10.2. The summed E-state index contributed by atoms with van der Waals surface area (Å²) in [6.07, 6.45) is 4.18. The van der Waals surface area contributed by atoms with Gasteiger partial charge >= 0.3 is 0 Å². The van der Waals surface area contributed by atoms with Gasteiger partial charge in [-0.3, -0.25) is 9.69 Å². The zero-order valence-electron chi connectivity index (χ0n) is 17.7. The van der Waals surface area contributed by atoms with Gasteiger partial charge in [0.2, 0.25) is 0 Å². The van der Waals surface area contributed by atoms with Crippen LogP contribution < -0.4 is 0 Å². The van der Waals surface area contributed by atoms with Gasteiger partial charge in [0.15, 0.2) is 16.8 Å². The van der Waals surface area contributed by atoms with E-state index in [0.29, 0.717) is 0 Å². The van der Waals surface area contributed by atoms with Gasteiger partial charge in [0, 0.05) is 44.7 Å². The van der Waals surface area contributed by atoms with Crippen LogP contribution in [0.15, 0.2) is 41.7 Å². The number of rotatable bonds is 7. The van der Waals surface area contributed by atoms with Crippen LogP contribution in [0.25, 0.3) is 11.5 Å². The minimum atomic E-state index is 0. The van der Waals surface area contributed by atoms with E-state index in [1.807, 2.05) is 32.4 Å². The van der Waals surface area contributed by atoms with E-state index in [2.05, 4.69) is 42.4 Å². The van der Waals surface area contributed by atoms with Crippen molar-refractivity contribution in [2.45, 2.75) is 31.5 Å². The Labute approximate surface area is 188 Å². The summed E-state index contributed by atoms with van der Waals surface area (Å²) < 4.78 is 4.13. The molecule has 2 aromatic heterocycles. The van der Waals surface area contributed by atoms with Crippen molar-refractivity contribution in [3.05, 3.63) is 53.2 Å². The Balaban J connectivity index is 0.00000256. The molecule has 1 aromatic carbocycles. The number of fused-ring (bicyclic) bond motifs is 1. The number of halogens is 1. The minimum Gasteiger partial charge on any atom is -0.348 e. The average Bonchev–Trinajstić information content (AvgIpc) is 3.29. The molecule has 4 rings (SSSR count). The van der Waals surface area contributed by atoms with E-state index in [1.54, 1.807) is 18.7 Å². The fraction of sp³-hybridized carbons (Fsp3) is 0.409. The van der Waals surface area contributed by atoms with Gasteiger partial charge in [0.05, 0.1) is 5.69 Å². The van der Waals surface area contributed by atoms with E-state index >= 15 is 0 Å². The van der Waals surface area contributed by atoms with Crippen LogP contribution in [0.3, 0.4) is 0 Å². The minimum absolute atomic E-state index is 0. The molecule has 8 heteroatoms. The van der Waals surface area contributed by atoms with Crippen LogP contribution in [-0.4, -0.2) is 48.9 Å². The number of benzene rings is 1. The van der Waals surface area contributed by atoms with Gasteiger partial charge in [-0.1, -0.05) is 23.9 Å². The average molecular weight is 446 g/mol. The van der Waals surface area contributed by atoms with Crippen LogP contribution in [0, 0.1) is 0 Å². The van der Waals surface area contributed by atoms with Crippen LogP contribution in [0.4, 0.5) is 0 Å². The van der Waals surface area contributed by atoms with Crippen molar-refractivity contribution in [1.82, 2.24) is 24.2 Å². The quantitative estimate of drug-likeness (QED) is 0.312. The number of aromatic nitrogens is 4. The molecule has 0 atom stereocenters. The molecule has 0 amide bonds. The smallest absolute Gasteiger partial charge is 0.191 e. The number of carbonyl (C=O) groups is 1. The van der Waals surface area contributed by atoms with Gasteiger partial charge in [0.25, 0.3) is 0 Å². The third-order valence-corrected chi connectivity index (χ3v) is 6.67. The van der Waals surface area contributed by atoms with Crippen molar-refractivity contribution in [3.8, 4) is 11.5 Å². The van der Waals surface area contributed by atoms with Gasteiger partial charge in [-0.15, -0.1) is 22.6 Å². The number of ketones is 1. The molecule has 1 aliphatic heterocycles. The first-order valence-corrected chi connectivity index (χ1v) is 11.0. The lowest BCUT2D eigenvalue weighted by molar-refractivity contribution is 0.101. The zero-order chi connectivity index (χ0) is 20.4. The van der Waals surface area contributed by atoms with Crippen molar-refractivity contribution < 1.29 is 4.79 Å². The van der Waals surface area contributed by atoms with Crippen molar-refractivity contribution in [2.75, 3.05) is 18.8 Å². The summed E-state index contributed by atoms with van der Waals surface area (Å²) in [4.78, 5) is 14.1. The summed E-state index contributed by atoms with van der Waals surface area (Å²) in [5.74, 6) is 2.05. The Morgan fingerprint density at radius 2 is 2.00 bits per heavy atom. The Kier molecular flexibility index (Phi) is 7.39. The number of Topliss-reactive ketones (excluding diaryl/α,β-unsaturated/α-hetero) is 1. The number of hydrogen-bond donors (Lipinski definition) is 0. The Bertz CT molecular complexity index is 1030. The van der Waals surface area contributed by atoms with E-state index in [-0.39, 0.29) is 18.2 Å². The van der Waals surface area contributed by atoms with E-state index in [0.717, 1.165) is 60.5 Å². The largest absolute Gasteiger partial charge is 0.348 e. The first-order valence-electron chi connectivity index (χ1n) is 10.0. The van der Waals surface area contributed by atoms with Gasteiger partial charge in [-0.05, 0) is 55.6 Å². The summed E-state index contributed by atoms with van der Waals surface area (Å²) in [5, 5.41) is 9.69. The summed E-state index contributed by atoms with van der Waals surface area (Å²) >= 11 is 1.76. The van der Waals surface area contributed by atoms with Gasteiger partial charge in [-0.2, -0.15) is 0 Å². The highest BCUT2D eigenvalue weighted by Crippen LogP contribution is 2.24. The molecule has 0 spiro atoms. The van der Waals surface area contributed by atoms with E-state index in [9.17, 15) is 4.79 Å². The van der Waals surface area contributed by atoms with Crippen molar-refractivity contribution in [2.24, 2.45) is 14.1 Å². The molecule has 0 unspecified atom stereocenters. The summed E-state index contributed by atoms with van der Waals surface area (Å²) in [6.45, 7) is 4.70. The highest BCUT2D eigenvalue weighted by molar-refractivity contribution is 7.99. The second-order valence-electron chi connectivity index (χ2n) is 7.64. The molecule has 0 fully saturated rings. The zero-order valence-corrected chi connectivity index (χ0v) is 19.3. The molecule has 0 radical (unpaired) electrons. The molecule has 1 aliphatic rings.